The van der Waals surface area contributed by atoms with Crippen LogP contribution < -0.4 is 5.32 Å². The van der Waals surface area contributed by atoms with Crippen LogP contribution in [0.1, 0.15) is 57.8 Å². The van der Waals surface area contributed by atoms with Crippen molar-refractivity contribution >= 4 is 11.7 Å². The Balaban J connectivity index is 1.16. The third kappa shape index (κ3) is 4.04. The van der Waals surface area contributed by atoms with Gasteiger partial charge in [0, 0.05) is 43.5 Å². The first-order chi connectivity index (χ1) is 14.2. The Hall–Kier alpha value is -1.59. The van der Waals surface area contributed by atoms with Gasteiger partial charge in [0.25, 0.3) is 0 Å². The highest BCUT2D eigenvalue weighted by atomic mass is 16.5. The quantitative estimate of drug-likeness (QED) is 0.796. The van der Waals surface area contributed by atoms with Crippen LogP contribution in [-0.4, -0.2) is 59.8 Å². The van der Waals surface area contributed by atoms with E-state index in [-0.39, 0.29) is 6.03 Å². The van der Waals surface area contributed by atoms with Crippen LogP contribution in [0.15, 0.2) is 30.3 Å². The summed E-state index contributed by atoms with van der Waals surface area (Å²) in [5.41, 5.74) is 1.17. The molecule has 2 saturated carbocycles. The largest absolute Gasteiger partial charge is 0.375 e. The van der Waals surface area contributed by atoms with E-state index in [1.54, 1.807) is 0 Å². The number of amides is 2. The molecule has 1 unspecified atom stereocenters. The lowest BCUT2D eigenvalue weighted by Crippen LogP contribution is -2.75. The Labute approximate surface area is 174 Å². The molecular weight excluding hydrogens is 362 g/mol. The van der Waals surface area contributed by atoms with Gasteiger partial charge in [0.05, 0.1) is 6.10 Å². The van der Waals surface area contributed by atoms with Gasteiger partial charge in [0.15, 0.2) is 0 Å². The smallest absolute Gasteiger partial charge is 0.321 e. The Morgan fingerprint density at radius 3 is 2.45 bits per heavy atom. The van der Waals surface area contributed by atoms with Crippen molar-refractivity contribution in [3.05, 3.63) is 30.3 Å². The Bertz CT molecular complexity index is 691. The van der Waals surface area contributed by atoms with E-state index < -0.39 is 0 Å². The zero-order chi connectivity index (χ0) is 19.7. The fraction of sp³-hybridized carbons (Fsp3) is 0.708. The molecular formula is C24H35N3O2. The molecule has 1 aromatic rings. The van der Waals surface area contributed by atoms with Crippen molar-refractivity contribution in [1.29, 1.82) is 0 Å². The number of anilines is 1. The van der Waals surface area contributed by atoms with E-state index in [0.717, 1.165) is 50.7 Å². The van der Waals surface area contributed by atoms with E-state index in [4.69, 9.17) is 4.74 Å². The molecule has 0 aromatic heterocycles. The van der Waals surface area contributed by atoms with Gasteiger partial charge in [-0.05, 0) is 56.6 Å². The molecule has 1 spiro atoms. The van der Waals surface area contributed by atoms with Crippen LogP contribution in [0.2, 0.25) is 0 Å². The van der Waals surface area contributed by atoms with Crippen molar-refractivity contribution in [1.82, 2.24) is 9.80 Å². The molecule has 1 atom stereocenters. The van der Waals surface area contributed by atoms with Crippen molar-refractivity contribution in [3.8, 4) is 0 Å². The second-order valence-corrected chi connectivity index (χ2v) is 9.60. The van der Waals surface area contributed by atoms with Crippen LogP contribution in [0.3, 0.4) is 0 Å². The van der Waals surface area contributed by atoms with Gasteiger partial charge < -0.3 is 15.0 Å². The van der Waals surface area contributed by atoms with Crippen LogP contribution >= 0.6 is 0 Å². The van der Waals surface area contributed by atoms with E-state index >= 15 is 0 Å². The van der Waals surface area contributed by atoms with Crippen LogP contribution in [0.25, 0.3) is 0 Å². The third-order valence-corrected chi connectivity index (χ3v) is 7.70. The number of urea groups is 1. The van der Waals surface area contributed by atoms with Gasteiger partial charge in [-0.25, -0.2) is 4.79 Å². The summed E-state index contributed by atoms with van der Waals surface area (Å²) in [4.78, 5) is 17.4. The topological polar surface area (TPSA) is 44.8 Å². The van der Waals surface area contributed by atoms with Crippen LogP contribution in [0, 0.1) is 5.92 Å². The number of carbonyl (C=O) groups is 1. The van der Waals surface area contributed by atoms with Gasteiger partial charge in [0.2, 0.25) is 0 Å². The van der Waals surface area contributed by atoms with Crippen molar-refractivity contribution in [2.75, 3.05) is 31.6 Å². The van der Waals surface area contributed by atoms with Crippen LogP contribution in [0.5, 0.6) is 0 Å². The zero-order valence-electron chi connectivity index (χ0n) is 17.5. The molecule has 2 aliphatic carbocycles. The Morgan fingerprint density at radius 1 is 1.03 bits per heavy atom. The predicted octanol–water partition coefficient (Wildman–Crippen LogP) is 4.50. The number of ether oxygens (including phenoxy) is 1. The van der Waals surface area contributed by atoms with E-state index in [9.17, 15) is 4.79 Å². The summed E-state index contributed by atoms with van der Waals surface area (Å²) in [7, 11) is 0. The molecule has 5 heteroatoms. The molecule has 4 fully saturated rings. The number of benzene rings is 1. The summed E-state index contributed by atoms with van der Waals surface area (Å²) in [5.74, 6) is 0.844. The Morgan fingerprint density at radius 2 is 1.76 bits per heavy atom. The van der Waals surface area contributed by atoms with E-state index in [1.807, 2.05) is 35.2 Å². The molecule has 0 bridgehead atoms. The first-order valence-corrected chi connectivity index (χ1v) is 11.7. The highest BCUT2D eigenvalue weighted by Gasteiger charge is 2.56. The first kappa shape index (κ1) is 19.4. The molecule has 158 valence electrons. The molecule has 2 saturated heterocycles. The minimum atomic E-state index is 0.0382. The normalized spacial score (nSPS) is 27.6. The summed E-state index contributed by atoms with van der Waals surface area (Å²) in [5, 5.41) is 3.03. The highest BCUT2D eigenvalue weighted by molar-refractivity contribution is 5.89. The number of nitrogens with one attached hydrogen (secondary N) is 1. The molecule has 5 nitrogen and oxygen atoms in total. The second kappa shape index (κ2) is 8.27. The van der Waals surface area contributed by atoms with Gasteiger partial charge in [-0.3, -0.25) is 4.90 Å². The minimum Gasteiger partial charge on any atom is -0.375 e. The maximum absolute atomic E-state index is 12.6. The van der Waals surface area contributed by atoms with Gasteiger partial charge in [0.1, 0.15) is 0 Å². The van der Waals surface area contributed by atoms with Crippen LogP contribution in [0.4, 0.5) is 10.5 Å². The number of rotatable bonds is 5. The molecule has 2 heterocycles. The number of carbonyl (C=O) groups excluding carboxylic acids is 1. The molecule has 4 aliphatic rings. The molecule has 5 rings (SSSR count). The number of hydrogen-bond acceptors (Lipinski definition) is 3. The molecule has 2 aliphatic heterocycles. The molecule has 2 amide bonds. The maximum Gasteiger partial charge on any atom is 0.321 e. The summed E-state index contributed by atoms with van der Waals surface area (Å²) in [6, 6.07) is 10.4. The average molecular weight is 398 g/mol. The van der Waals surface area contributed by atoms with E-state index in [2.05, 4.69) is 10.2 Å². The summed E-state index contributed by atoms with van der Waals surface area (Å²) in [6.45, 7) is 3.79. The minimum absolute atomic E-state index is 0.0382. The number of likely N-dealkylation sites (tertiary alicyclic amines) is 2. The molecule has 1 aromatic carbocycles. The maximum atomic E-state index is 12.6. The highest BCUT2D eigenvalue weighted by Crippen LogP contribution is 2.48. The standard InChI is InChI=1S/C24H35N3O2/c28-23(25-20-7-3-1-4-8-20)26-15-11-21(12-16-26)27-17-22(29-18-19-9-10-19)24(27)13-5-2-6-14-24/h1,3-4,7-8,19,21-22H,2,5-6,9-18H2,(H,25,28). The van der Waals surface area contributed by atoms with Crippen molar-refractivity contribution in [2.45, 2.75) is 75.5 Å². The van der Waals surface area contributed by atoms with Gasteiger partial charge in [-0.15, -0.1) is 0 Å². The van der Waals surface area contributed by atoms with Gasteiger partial charge >= 0.3 is 6.03 Å². The Kier molecular flexibility index (Phi) is 5.53. The summed E-state index contributed by atoms with van der Waals surface area (Å²) in [6.07, 6.45) is 12.0. The molecule has 29 heavy (non-hydrogen) atoms. The van der Waals surface area contributed by atoms with E-state index in [0.29, 0.717) is 17.7 Å². The molecule has 1 N–H and O–H groups in total. The lowest BCUT2D eigenvalue weighted by molar-refractivity contribution is -0.202. The lowest BCUT2D eigenvalue weighted by Gasteiger charge is -2.63. The predicted molar refractivity (Wildman–Crippen MR) is 115 cm³/mol. The van der Waals surface area contributed by atoms with Crippen molar-refractivity contribution in [3.63, 3.8) is 0 Å². The second-order valence-electron chi connectivity index (χ2n) is 9.60. The number of piperidine rings is 1. The third-order valence-electron chi connectivity index (χ3n) is 7.70. The fourth-order valence-corrected chi connectivity index (χ4v) is 5.74. The lowest BCUT2D eigenvalue weighted by atomic mass is 9.69. The zero-order valence-corrected chi connectivity index (χ0v) is 17.5. The molecule has 0 radical (unpaired) electrons. The first-order valence-electron chi connectivity index (χ1n) is 11.7. The van der Waals surface area contributed by atoms with Crippen LogP contribution in [-0.2, 0) is 4.74 Å². The fourth-order valence-electron chi connectivity index (χ4n) is 5.74. The number of para-hydroxylation sites is 1. The van der Waals surface area contributed by atoms with E-state index in [1.165, 1.54) is 44.9 Å². The average Bonchev–Trinajstić information content (AvgIpc) is 3.59. The number of nitrogens with zero attached hydrogens (tertiary/aromatic N) is 2. The van der Waals surface area contributed by atoms with Gasteiger partial charge in [-0.2, -0.15) is 0 Å². The monoisotopic (exact) mass is 397 g/mol. The SMILES string of the molecule is O=C(Nc1ccccc1)N1CCC(N2CC(OCC3CC3)C23CCCCC3)CC1. The van der Waals surface area contributed by atoms with Gasteiger partial charge in [-0.1, -0.05) is 37.5 Å². The summed E-state index contributed by atoms with van der Waals surface area (Å²) >= 11 is 0. The summed E-state index contributed by atoms with van der Waals surface area (Å²) < 4.78 is 6.43. The van der Waals surface area contributed by atoms with Crippen molar-refractivity contribution < 1.29 is 9.53 Å². The number of hydrogen-bond donors (Lipinski definition) is 1. The van der Waals surface area contributed by atoms with Crippen molar-refractivity contribution in [2.24, 2.45) is 5.92 Å².